The van der Waals surface area contributed by atoms with E-state index in [0.717, 1.165) is 37.7 Å². The summed E-state index contributed by atoms with van der Waals surface area (Å²) < 4.78 is 41.4. The zero-order valence-electron chi connectivity index (χ0n) is 11.2. The van der Waals surface area contributed by atoms with E-state index in [0.29, 0.717) is 0 Å². The molecule has 1 rings (SSSR count). The van der Waals surface area contributed by atoms with Crippen molar-refractivity contribution in [2.24, 2.45) is 5.73 Å². The van der Waals surface area contributed by atoms with Crippen molar-refractivity contribution < 1.29 is 17.5 Å². The van der Waals surface area contributed by atoms with Gasteiger partial charge in [0, 0.05) is 18.4 Å². The molecule has 0 bridgehead atoms. The van der Waals surface area contributed by atoms with E-state index in [1.54, 1.807) is 0 Å². The molecule has 1 unspecified atom stereocenters. The standard InChI is InChI=1S/C13H20FNO3S/c1-3-4-5-11(15)9-18-12-6-10(14)7-13(8-12)19(2,16)17/h6-8,11H,3-5,9,15H2,1-2H3. The molecule has 0 heterocycles. The Kier molecular flexibility index (Phi) is 5.75. The predicted octanol–water partition coefficient (Wildman–Crippen LogP) is 2.13. The van der Waals surface area contributed by atoms with Crippen LogP contribution in [0.3, 0.4) is 0 Å². The average Bonchev–Trinajstić information content (AvgIpc) is 2.32. The predicted molar refractivity (Wildman–Crippen MR) is 72.5 cm³/mol. The maximum Gasteiger partial charge on any atom is 0.175 e. The average molecular weight is 289 g/mol. The van der Waals surface area contributed by atoms with E-state index < -0.39 is 15.7 Å². The van der Waals surface area contributed by atoms with E-state index in [1.807, 2.05) is 0 Å². The van der Waals surface area contributed by atoms with Gasteiger partial charge in [-0.15, -0.1) is 0 Å². The lowest BCUT2D eigenvalue weighted by Gasteiger charge is -2.13. The van der Waals surface area contributed by atoms with Gasteiger partial charge in [-0.3, -0.25) is 0 Å². The number of rotatable bonds is 7. The molecular weight excluding hydrogens is 269 g/mol. The van der Waals surface area contributed by atoms with Crippen molar-refractivity contribution in [2.45, 2.75) is 37.1 Å². The van der Waals surface area contributed by atoms with E-state index in [4.69, 9.17) is 10.5 Å². The second-order valence-corrected chi connectivity index (χ2v) is 6.62. The van der Waals surface area contributed by atoms with Gasteiger partial charge < -0.3 is 10.5 Å². The molecule has 4 nitrogen and oxygen atoms in total. The first kappa shape index (κ1) is 15.9. The van der Waals surface area contributed by atoms with Gasteiger partial charge in [0.1, 0.15) is 18.2 Å². The Balaban J connectivity index is 2.71. The quantitative estimate of drug-likeness (QED) is 0.835. The third kappa shape index (κ3) is 5.57. The first-order valence-corrected chi connectivity index (χ1v) is 8.11. The van der Waals surface area contributed by atoms with Crippen LogP contribution in [-0.4, -0.2) is 27.3 Å². The first-order chi connectivity index (χ1) is 8.82. The molecule has 1 aromatic carbocycles. The second-order valence-electron chi connectivity index (χ2n) is 4.61. The van der Waals surface area contributed by atoms with Crippen molar-refractivity contribution in [1.82, 2.24) is 0 Å². The van der Waals surface area contributed by atoms with Gasteiger partial charge in [0.05, 0.1) is 4.90 Å². The van der Waals surface area contributed by atoms with Crippen molar-refractivity contribution in [3.63, 3.8) is 0 Å². The lowest BCUT2D eigenvalue weighted by Crippen LogP contribution is -2.27. The molecule has 108 valence electrons. The normalized spacial score (nSPS) is 13.3. The van der Waals surface area contributed by atoms with Gasteiger partial charge in [-0.1, -0.05) is 19.8 Å². The molecule has 0 saturated heterocycles. The van der Waals surface area contributed by atoms with E-state index in [9.17, 15) is 12.8 Å². The Hall–Kier alpha value is -1.14. The number of hydrogen-bond acceptors (Lipinski definition) is 4. The van der Waals surface area contributed by atoms with Crippen molar-refractivity contribution in [3.05, 3.63) is 24.0 Å². The molecular formula is C13H20FNO3S. The van der Waals surface area contributed by atoms with E-state index >= 15 is 0 Å². The largest absolute Gasteiger partial charge is 0.492 e. The van der Waals surface area contributed by atoms with E-state index in [-0.39, 0.29) is 23.3 Å². The highest BCUT2D eigenvalue weighted by atomic mass is 32.2. The van der Waals surface area contributed by atoms with Crippen LogP contribution in [-0.2, 0) is 9.84 Å². The van der Waals surface area contributed by atoms with Crippen molar-refractivity contribution >= 4 is 9.84 Å². The molecule has 0 aliphatic carbocycles. The summed E-state index contributed by atoms with van der Waals surface area (Å²) in [4.78, 5) is -0.0929. The monoisotopic (exact) mass is 289 g/mol. The summed E-state index contributed by atoms with van der Waals surface area (Å²) in [5.74, 6) is -0.451. The van der Waals surface area contributed by atoms with Crippen molar-refractivity contribution in [1.29, 1.82) is 0 Å². The zero-order valence-corrected chi connectivity index (χ0v) is 12.0. The fourth-order valence-corrected chi connectivity index (χ4v) is 2.24. The first-order valence-electron chi connectivity index (χ1n) is 6.22. The van der Waals surface area contributed by atoms with Gasteiger partial charge in [0.2, 0.25) is 0 Å². The molecule has 6 heteroatoms. The molecule has 1 aromatic rings. The van der Waals surface area contributed by atoms with E-state index in [1.165, 1.54) is 6.07 Å². The van der Waals surface area contributed by atoms with Crippen LogP contribution in [0.4, 0.5) is 4.39 Å². The SMILES string of the molecule is CCCCC(N)COc1cc(F)cc(S(C)(=O)=O)c1. The minimum absolute atomic E-state index is 0.0929. The number of ether oxygens (including phenoxy) is 1. The molecule has 19 heavy (non-hydrogen) atoms. The Morgan fingerprint density at radius 2 is 2.05 bits per heavy atom. The van der Waals surface area contributed by atoms with Crippen LogP contribution >= 0.6 is 0 Å². The Bertz CT molecular complexity index is 517. The van der Waals surface area contributed by atoms with Crippen LogP contribution in [0.15, 0.2) is 23.1 Å². The smallest absolute Gasteiger partial charge is 0.175 e. The summed E-state index contributed by atoms with van der Waals surface area (Å²) in [5, 5.41) is 0. The van der Waals surface area contributed by atoms with Gasteiger partial charge in [-0.2, -0.15) is 0 Å². The molecule has 0 spiro atoms. The highest BCUT2D eigenvalue weighted by Gasteiger charge is 2.12. The summed E-state index contributed by atoms with van der Waals surface area (Å²) >= 11 is 0. The number of halogens is 1. The summed E-state index contributed by atoms with van der Waals surface area (Å²) in [6.45, 7) is 2.31. The number of sulfone groups is 1. The molecule has 0 fully saturated rings. The summed E-state index contributed by atoms with van der Waals surface area (Å²) in [7, 11) is -3.45. The van der Waals surface area contributed by atoms with Crippen molar-refractivity contribution in [3.8, 4) is 5.75 Å². The Labute approximate surface area is 113 Å². The summed E-state index contributed by atoms with van der Waals surface area (Å²) in [6.07, 6.45) is 3.90. The van der Waals surface area contributed by atoms with Gasteiger partial charge in [-0.25, -0.2) is 12.8 Å². The van der Waals surface area contributed by atoms with Gasteiger partial charge in [0.15, 0.2) is 9.84 Å². The maximum absolute atomic E-state index is 13.3. The summed E-state index contributed by atoms with van der Waals surface area (Å²) in [6, 6.07) is 3.30. The fraction of sp³-hybridized carbons (Fsp3) is 0.538. The molecule has 0 aliphatic heterocycles. The third-order valence-corrected chi connectivity index (χ3v) is 3.76. The number of nitrogens with two attached hydrogens (primary N) is 1. The number of benzene rings is 1. The highest BCUT2D eigenvalue weighted by Crippen LogP contribution is 2.20. The number of hydrogen-bond donors (Lipinski definition) is 1. The molecule has 0 amide bonds. The van der Waals surface area contributed by atoms with E-state index in [2.05, 4.69) is 6.92 Å². The fourth-order valence-electron chi connectivity index (χ4n) is 1.59. The molecule has 0 radical (unpaired) electrons. The number of unbranched alkanes of at least 4 members (excludes halogenated alkanes) is 1. The lowest BCUT2D eigenvalue weighted by atomic mass is 10.1. The molecule has 1 atom stereocenters. The molecule has 0 aromatic heterocycles. The van der Waals surface area contributed by atoms with Crippen LogP contribution in [0.1, 0.15) is 26.2 Å². The Morgan fingerprint density at radius 3 is 2.63 bits per heavy atom. The second kappa shape index (κ2) is 6.86. The van der Waals surface area contributed by atoms with Crippen LogP contribution in [0.2, 0.25) is 0 Å². The van der Waals surface area contributed by atoms with Crippen LogP contribution in [0.25, 0.3) is 0 Å². The maximum atomic E-state index is 13.3. The third-order valence-electron chi connectivity index (χ3n) is 2.67. The molecule has 0 saturated carbocycles. The van der Waals surface area contributed by atoms with Gasteiger partial charge in [-0.05, 0) is 18.6 Å². The summed E-state index contributed by atoms with van der Waals surface area (Å²) in [5.41, 5.74) is 5.83. The van der Waals surface area contributed by atoms with Gasteiger partial charge >= 0.3 is 0 Å². The lowest BCUT2D eigenvalue weighted by molar-refractivity contribution is 0.278. The van der Waals surface area contributed by atoms with Crippen molar-refractivity contribution in [2.75, 3.05) is 12.9 Å². The highest BCUT2D eigenvalue weighted by molar-refractivity contribution is 7.90. The Morgan fingerprint density at radius 1 is 1.37 bits per heavy atom. The van der Waals surface area contributed by atoms with Crippen LogP contribution in [0, 0.1) is 5.82 Å². The zero-order chi connectivity index (χ0) is 14.5. The minimum Gasteiger partial charge on any atom is -0.492 e. The van der Waals surface area contributed by atoms with Gasteiger partial charge in [0.25, 0.3) is 0 Å². The topological polar surface area (TPSA) is 69.4 Å². The molecule has 0 aliphatic rings. The van der Waals surface area contributed by atoms with Crippen LogP contribution in [0.5, 0.6) is 5.75 Å². The molecule has 2 N–H and O–H groups in total. The van der Waals surface area contributed by atoms with Crippen LogP contribution < -0.4 is 10.5 Å². The minimum atomic E-state index is -3.45.